The zero-order chi connectivity index (χ0) is 27.4. The maximum Gasteiger partial charge on any atom is 0.270 e. The van der Waals surface area contributed by atoms with Gasteiger partial charge in [0.05, 0.1) is 0 Å². The van der Waals surface area contributed by atoms with E-state index in [4.69, 9.17) is 9.84 Å². The first-order valence-corrected chi connectivity index (χ1v) is 13.4. The molecule has 2 aliphatic heterocycles. The van der Waals surface area contributed by atoms with E-state index in [1.165, 1.54) is 18.2 Å². The number of hydrogen-bond acceptors (Lipinski definition) is 5. The maximum atomic E-state index is 14.4. The third-order valence-corrected chi connectivity index (χ3v) is 8.11. The molecule has 4 heterocycles. The van der Waals surface area contributed by atoms with E-state index >= 15 is 0 Å². The normalized spacial score (nSPS) is 24.2. The number of pyridine rings is 1. The lowest BCUT2D eigenvalue weighted by atomic mass is 9.94. The second-order valence-corrected chi connectivity index (χ2v) is 10.9. The van der Waals surface area contributed by atoms with Crippen LogP contribution in [0.3, 0.4) is 0 Å². The van der Waals surface area contributed by atoms with Crippen LogP contribution in [0.1, 0.15) is 70.4 Å². The van der Waals surface area contributed by atoms with Gasteiger partial charge in [0.15, 0.2) is 12.0 Å². The van der Waals surface area contributed by atoms with Crippen LogP contribution in [0.5, 0.6) is 0 Å². The number of hydrogen-bond donors (Lipinski definition) is 0. The van der Waals surface area contributed by atoms with Gasteiger partial charge in [0.2, 0.25) is 0 Å². The summed E-state index contributed by atoms with van der Waals surface area (Å²) in [5, 5.41) is 4.88. The molecule has 1 aromatic carbocycles. The summed E-state index contributed by atoms with van der Waals surface area (Å²) < 4.78 is 52.5. The van der Waals surface area contributed by atoms with Gasteiger partial charge >= 0.3 is 0 Å². The summed E-state index contributed by atoms with van der Waals surface area (Å²) in [7, 11) is 1.76. The number of rotatable bonds is 5. The van der Waals surface area contributed by atoms with Gasteiger partial charge in [0.1, 0.15) is 16.9 Å². The Labute approximate surface area is 220 Å². The first kappa shape index (κ1) is 26.7. The number of alkyl halides is 2. The van der Waals surface area contributed by atoms with Crippen molar-refractivity contribution < 1.29 is 17.9 Å². The van der Waals surface area contributed by atoms with Crippen LogP contribution in [0.2, 0.25) is 0 Å². The molecule has 2 unspecified atom stereocenters. The minimum absolute atomic E-state index is 0.0165. The first-order chi connectivity index (χ1) is 18.0. The number of halogens is 3. The van der Waals surface area contributed by atoms with Crippen LogP contribution in [0, 0.1) is 5.82 Å². The zero-order valence-corrected chi connectivity index (χ0v) is 22.6. The summed E-state index contributed by atoms with van der Waals surface area (Å²) >= 11 is 0. The number of aryl methyl sites for hydroxylation is 1. The molecule has 206 valence electrons. The average molecular weight is 532 g/mol. The standard InChI is InChI=1S/C28H36F3N5O2/c1-17-16-35(18(2)15-34(17)19(3)21-10-9-20(29)14-22(21)28(4,30)31)27-26-23(11-12-24(37)33(26)5)32-36(27)25-8-6-7-13-38-25/h9-12,14,17-19,25H,6-8,13,15-16H2,1-5H3/t17-,18+,19?,25?/m1/s1. The van der Waals surface area contributed by atoms with Gasteiger partial charge in [-0.2, -0.15) is 5.10 Å². The number of piperazine rings is 1. The van der Waals surface area contributed by atoms with Gasteiger partial charge in [-0.15, -0.1) is 0 Å². The third kappa shape index (κ3) is 4.73. The number of nitrogens with zero attached hydrogens (tertiary/aromatic N) is 5. The molecule has 2 saturated heterocycles. The van der Waals surface area contributed by atoms with E-state index in [0.29, 0.717) is 25.3 Å². The van der Waals surface area contributed by atoms with E-state index in [-0.39, 0.29) is 35.5 Å². The number of ether oxygens (including phenoxy) is 1. The number of anilines is 1. The van der Waals surface area contributed by atoms with E-state index in [2.05, 4.69) is 23.6 Å². The van der Waals surface area contributed by atoms with Crippen molar-refractivity contribution in [2.45, 2.75) is 77.2 Å². The Kier molecular flexibility index (Phi) is 7.06. The second kappa shape index (κ2) is 10.0. The van der Waals surface area contributed by atoms with Crippen molar-refractivity contribution in [3.63, 3.8) is 0 Å². The SMILES string of the molecule is CC(c1ccc(F)cc1C(C)(F)F)N1C[C@H](C)N(c2c3c(ccc(=O)n3C)nn2C2CCCCO2)C[C@H]1C. The van der Waals surface area contributed by atoms with Crippen LogP contribution < -0.4 is 10.5 Å². The number of benzene rings is 1. The van der Waals surface area contributed by atoms with E-state index in [9.17, 15) is 18.0 Å². The first-order valence-electron chi connectivity index (χ1n) is 13.4. The summed E-state index contributed by atoms with van der Waals surface area (Å²) in [4.78, 5) is 17.1. The molecule has 2 aromatic heterocycles. The van der Waals surface area contributed by atoms with Crippen LogP contribution in [-0.4, -0.2) is 51.0 Å². The Morgan fingerprint density at radius 1 is 1.11 bits per heavy atom. The van der Waals surface area contributed by atoms with Crippen LogP contribution in [0.15, 0.2) is 35.1 Å². The summed E-state index contributed by atoms with van der Waals surface area (Å²) in [6, 6.07) is 6.59. The van der Waals surface area contributed by atoms with E-state index < -0.39 is 11.7 Å². The molecule has 2 aliphatic rings. The van der Waals surface area contributed by atoms with Crippen molar-refractivity contribution in [3.05, 3.63) is 57.6 Å². The Morgan fingerprint density at radius 3 is 2.55 bits per heavy atom. The molecule has 0 bridgehead atoms. The predicted octanol–water partition coefficient (Wildman–Crippen LogP) is 5.35. The molecule has 0 saturated carbocycles. The highest BCUT2D eigenvalue weighted by molar-refractivity contribution is 5.87. The van der Waals surface area contributed by atoms with Gasteiger partial charge < -0.3 is 14.2 Å². The molecule has 0 aliphatic carbocycles. The Hall–Kier alpha value is -2.85. The van der Waals surface area contributed by atoms with Crippen LogP contribution in [-0.2, 0) is 17.7 Å². The minimum Gasteiger partial charge on any atom is -0.356 e. The fraction of sp³-hybridized carbons (Fsp3) is 0.571. The third-order valence-electron chi connectivity index (χ3n) is 8.11. The van der Waals surface area contributed by atoms with E-state index in [1.54, 1.807) is 17.7 Å². The Morgan fingerprint density at radius 2 is 1.87 bits per heavy atom. The zero-order valence-electron chi connectivity index (χ0n) is 22.6. The Bertz CT molecular complexity index is 1380. The topological polar surface area (TPSA) is 55.5 Å². The molecule has 5 rings (SSSR count). The molecule has 0 radical (unpaired) electrons. The van der Waals surface area contributed by atoms with Crippen molar-refractivity contribution in [2.75, 3.05) is 24.6 Å². The lowest BCUT2D eigenvalue weighted by Crippen LogP contribution is -2.57. The second-order valence-electron chi connectivity index (χ2n) is 10.9. The molecular formula is C28H36F3N5O2. The predicted molar refractivity (Wildman–Crippen MR) is 141 cm³/mol. The van der Waals surface area contributed by atoms with Crippen LogP contribution >= 0.6 is 0 Å². The summed E-state index contributed by atoms with van der Waals surface area (Å²) in [6.45, 7) is 8.73. The highest BCUT2D eigenvalue weighted by atomic mass is 19.3. The van der Waals surface area contributed by atoms with Crippen molar-refractivity contribution in [1.29, 1.82) is 0 Å². The number of fused-ring (bicyclic) bond motifs is 1. The molecule has 4 atom stereocenters. The largest absolute Gasteiger partial charge is 0.356 e. The molecule has 7 nitrogen and oxygen atoms in total. The molecule has 3 aromatic rings. The van der Waals surface area contributed by atoms with Crippen molar-refractivity contribution >= 4 is 16.9 Å². The van der Waals surface area contributed by atoms with Crippen molar-refractivity contribution in [1.82, 2.24) is 19.2 Å². The number of aromatic nitrogens is 3. The average Bonchev–Trinajstić information content (AvgIpc) is 3.27. The van der Waals surface area contributed by atoms with Gasteiger partial charge in [-0.1, -0.05) is 6.07 Å². The van der Waals surface area contributed by atoms with Crippen LogP contribution in [0.4, 0.5) is 19.0 Å². The lowest BCUT2D eigenvalue weighted by molar-refractivity contribution is -0.0386. The smallest absolute Gasteiger partial charge is 0.270 e. The van der Waals surface area contributed by atoms with Crippen LogP contribution in [0.25, 0.3) is 11.0 Å². The Balaban J connectivity index is 1.52. The van der Waals surface area contributed by atoms with Gasteiger partial charge in [0, 0.05) is 63.4 Å². The van der Waals surface area contributed by atoms with Gasteiger partial charge in [-0.05, 0) is 63.8 Å². The summed E-state index contributed by atoms with van der Waals surface area (Å²) in [5.74, 6) is -2.97. The molecule has 0 amide bonds. The van der Waals surface area contributed by atoms with E-state index in [0.717, 1.165) is 49.1 Å². The quantitative estimate of drug-likeness (QED) is 0.445. The van der Waals surface area contributed by atoms with Crippen molar-refractivity contribution in [2.24, 2.45) is 7.05 Å². The molecule has 0 N–H and O–H groups in total. The summed E-state index contributed by atoms with van der Waals surface area (Å²) in [6.07, 6.45) is 2.68. The lowest BCUT2D eigenvalue weighted by Gasteiger charge is -2.48. The fourth-order valence-corrected chi connectivity index (χ4v) is 6.06. The minimum atomic E-state index is -3.15. The van der Waals surface area contributed by atoms with Gasteiger partial charge in [-0.3, -0.25) is 9.69 Å². The highest BCUT2D eigenvalue weighted by Gasteiger charge is 2.38. The van der Waals surface area contributed by atoms with Gasteiger partial charge in [0.25, 0.3) is 11.5 Å². The van der Waals surface area contributed by atoms with E-state index in [1.807, 2.05) is 11.6 Å². The molecule has 2 fully saturated rings. The molecule has 38 heavy (non-hydrogen) atoms. The van der Waals surface area contributed by atoms with Gasteiger partial charge in [-0.25, -0.2) is 17.9 Å². The fourth-order valence-electron chi connectivity index (χ4n) is 6.06. The molecule has 10 heteroatoms. The summed E-state index contributed by atoms with van der Waals surface area (Å²) in [5.41, 5.74) is 1.53. The molecular weight excluding hydrogens is 495 g/mol. The maximum absolute atomic E-state index is 14.4. The molecule has 0 spiro atoms. The van der Waals surface area contributed by atoms with Crippen molar-refractivity contribution in [3.8, 4) is 0 Å². The monoisotopic (exact) mass is 531 g/mol. The highest BCUT2D eigenvalue weighted by Crippen LogP contribution is 2.39.